The van der Waals surface area contributed by atoms with Gasteiger partial charge in [-0.15, -0.1) is 0 Å². The normalized spacial score (nSPS) is 12.1. The molecule has 0 saturated carbocycles. The van der Waals surface area contributed by atoms with Crippen molar-refractivity contribution in [2.75, 3.05) is 20.1 Å². The monoisotopic (exact) mass is 234 g/mol. The van der Waals surface area contributed by atoms with Gasteiger partial charge in [0.2, 0.25) is 5.91 Å². The molecule has 3 nitrogen and oxygen atoms in total. The van der Waals surface area contributed by atoms with Gasteiger partial charge < -0.3 is 10.6 Å². The van der Waals surface area contributed by atoms with Crippen LogP contribution in [0.15, 0.2) is 30.3 Å². The summed E-state index contributed by atoms with van der Waals surface area (Å²) in [4.78, 5) is 11.8. The fraction of sp³-hybridized carbons (Fsp3) is 0.500. The summed E-state index contributed by atoms with van der Waals surface area (Å²) in [6, 6.07) is 10.2. The van der Waals surface area contributed by atoms with Crippen LogP contribution in [0, 0.1) is 5.92 Å². The largest absolute Gasteiger partial charge is 0.355 e. The number of benzene rings is 1. The zero-order valence-electron chi connectivity index (χ0n) is 10.7. The van der Waals surface area contributed by atoms with Gasteiger partial charge in [0.25, 0.3) is 0 Å². The Kier molecular flexibility index (Phi) is 6.33. The second-order valence-corrected chi connectivity index (χ2v) is 4.19. The van der Waals surface area contributed by atoms with Crippen LogP contribution in [0.3, 0.4) is 0 Å². The zero-order valence-corrected chi connectivity index (χ0v) is 10.7. The first-order valence-corrected chi connectivity index (χ1v) is 6.24. The van der Waals surface area contributed by atoms with Crippen LogP contribution < -0.4 is 10.6 Å². The Bertz CT molecular complexity index is 324. The van der Waals surface area contributed by atoms with Crippen LogP contribution in [-0.2, 0) is 11.2 Å². The van der Waals surface area contributed by atoms with E-state index in [1.807, 2.05) is 32.2 Å². The third kappa shape index (κ3) is 5.00. The summed E-state index contributed by atoms with van der Waals surface area (Å²) in [5.41, 5.74) is 1.26. The van der Waals surface area contributed by atoms with Crippen LogP contribution in [0.5, 0.6) is 0 Å². The molecule has 2 N–H and O–H groups in total. The molecule has 1 unspecified atom stereocenters. The molecule has 1 atom stereocenters. The van der Waals surface area contributed by atoms with Gasteiger partial charge in [-0.05, 0) is 25.5 Å². The van der Waals surface area contributed by atoms with Gasteiger partial charge in [0.15, 0.2) is 0 Å². The molecule has 0 aromatic heterocycles. The molecule has 1 rings (SSSR count). The molecule has 3 heteroatoms. The minimum absolute atomic E-state index is 0.0794. The summed E-state index contributed by atoms with van der Waals surface area (Å²) in [6.07, 6.45) is 1.76. The van der Waals surface area contributed by atoms with Crippen molar-refractivity contribution in [3.05, 3.63) is 35.9 Å². The first-order chi connectivity index (χ1) is 8.27. The van der Waals surface area contributed by atoms with Crippen molar-refractivity contribution in [2.24, 2.45) is 5.92 Å². The number of hydrogen-bond acceptors (Lipinski definition) is 2. The van der Waals surface area contributed by atoms with Gasteiger partial charge in [-0.1, -0.05) is 37.3 Å². The number of carbonyl (C=O) groups excluding carboxylic acids is 1. The Morgan fingerprint density at radius 3 is 2.59 bits per heavy atom. The van der Waals surface area contributed by atoms with E-state index in [9.17, 15) is 4.79 Å². The van der Waals surface area contributed by atoms with Gasteiger partial charge in [0, 0.05) is 13.1 Å². The maximum Gasteiger partial charge on any atom is 0.224 e. The highest BCUT2D eigenvalue weighted by Gasteiger charge is 2.14. The first-order valence-electron chi connectivity index (χ1n) is 6.24. The topological polar surface area (TPSA) is 41.1 Å². The number of rotatable bonds is 7. The number of carbonyl (C=O) groups is 1. The maximum absolute atomic E-state index is 11.8. The Balaban J connectivity index is 2.28. The van der Waals surface area contributed by atoms with Crippen molar-refractivity contribution in [3.8, 4) is 0 Å². The van der Waals surface area contributed by atoms with Crippen LogP contribution in [0.4, 0.5) is 0 Å². The van der Waals surface area contributed by atoms with Crippen LogP contribution in [-0.4, -0.2) is 26.0 Å². The van der Waals surface area contributed by atoms with Gasteiger partial charge >= 0.3 is 0 Å². The third-order valence-corrected chi connectivity index (χ3v) is 2.87. The molecule has 0 aliphatic rings. The minimum atomic E-state index is 0.0794. The number of hydrogen-bond donors (Lipinski definition) is 2. The lowest BCUT2D eigenvalue weighted by Crippen LogP contribution is -2.36. The Labute approximate surface area is 104 Å². The SMILES string of the molecule is CCC(CNC)C(=O)NCCc1ccccc1. The molecule has 1 amide bonds. The summed E-state index contributed by atoms with van der Waals surface area (Å²) in [5.74, 6) is 0.230. The van der Waals surface area contributed by atoms with Gasteiger partial charge in [-0.3, -0.25) is 4.79 Å². The summed E-state index contributed by atoms with van der Waals surface area (Å²) >= 11 is 0. The average molecular weight is 234 g/mol. The molecule has 94 valence electrons. The van der Waals surface area contributed by atoms with Crippen molar-refractivity contribution >= 4 is 5.91 Å². The summed E-state index contributed by atoms with van der Waals surface area (Å²) in [5, 5.41) is 6.03. The molecular weight excluding hydrogens is 212 g/mol. The van der Waals surface area contributed by atoms with Crippen LogP contribution in [0.1, 0.15) is 18.9 Å². The van der Waals surface area contributed by atoms with Crippen LogP contribution in [0.25, 0.3) is 0 Å². The standard InChI is InChI=1S/C14H22N2O/c1-3-13(11-15-2)14(17)16-10-9-12-7-5-4-6-8-12/h4-8,13,15H,3,9-11H2,1-2H3,(H,16,17). The number of nitrogens with one attached hydrogen (secondary N) is 2. The van der Waals surface area contributed by atoms with Crippen molar-refractivity contribution < 1.29 is 4.79 Å². The van der Waals surface area contributed by atoms with Crippen LogP contribution in [0.2, 0.25) is 0 Å². The van der Waals surface area contributed by atoms with E-state index in [4.69, 9.17) is 0 Å². The quantitative estimate of drug-likeness (QED) is 0.752. The van der Waals surface area contributed by atoms with E-state index in [0.29, 0.717) is 6.54 Å². The lowest BCUT2D eigenvalue weighted by Gasteiger charge is -2.14. The Morgan fingerprint density at radius 1 is 1.29 bits per heavy atom. The van der Waals surface area contributed by atoms with E-state index in [1.165, 1.54) is 5.56 Å². The molecular formula is C14H22N2O. The molecule has 0 fully saturated rings. The fourth-order valence-corrected chi connectivity index (χ4v) is 1.79. The lowest BCUT2D eigenvalue weighted by molar-refractivity contribution is -0.124. The second-order valence-electron chi connectivity index (χ2n) is 4.19. The molecule has 0 radical (unpaired) electrons. The van der Waals surface area contributed by atoms with Gasteiger partial charge in [-0.2, -0.15) is 0 Å². The molecule has 0 saturated heterocycles. The van der Waals surface area contributed by atoms with Crippen molar-refractivity contribution in [1.82, 2.24) is 10.6 Å². The van der Waals surface area contributed by atoms with Crippen molar-refractivity contribution in [3.63, 3.8) is 0 Å². The Hall–Kier alpha value is -1.35. The van der Waals surface area contributed by atoms with Crippen molar-refractivity contribution in [1.29, 1.82) is 0 Å². The predicted molar refractivity (Wildman–Crippen MR) is 70.9 cm³/mol. The summed E-state index contributed by atoms with van der Waals surface area (Å²) < 4.78 is 0. The van der Waals surface area contributed by atoms with Crippen LogP contribution >= 0.6 is 0 Å². The summed E-state index contributed by atoms with van der Waals surface area (Å²) in [7, 11) is 1.87. The van der Waals surface area contributed by atoms with E-state index in [2.05, 4.69) is 22.8 Å². The van der Waals surface area contributed by atoms with E-state index < -0.39 is 0 Å². The molecule has 0 spiro atoms. The highest BCUT2D eigenvalue weighted by Crippen LogP contribution is 2.02. The second kappa shape index (κ2) is 7.85. The maximum atomic E-state index is 11.8. The van der Waals surface area contributed by atoms with E-state index >= 15 is 0 Å². The molecule has 0 heterocycles. The minimum Gasteiger partial charge on any atom is -0.355 e. The smallest absolute Gasteiger partial charge is 0.224 e. The molecule has 1 aromatic rings. The van der Waals surface area contributed by atoms with Gasteiger partial charge in [-0.25, -0.2) is 0 Å². The fourth-order valence-electron chi connectivity index (χ4n) is 1.79. The number of amides is 1. The molecule has 1 aromatic carbocycles. The van der Waals surface area contributed by atoms with E-state index in [0.717, 1.165) is 19.4 Å². The zero-order chi connectivity index (χ0) is 12.5. The van der Waals surface area contributed by atoms with Crippen molar-refractivity contribution in [2.45, 2.75) is 19.8 Å². The average Bonchev–Trinajstić information content (AvgIpc) is 2.37. The highest BCUT2D eigenvalue weighted by molar-refractivity contribution is 5.78. The lowest BCUT2D eigenvalue weighted by atomic mass is 10.1. The van der Waals surface area contributed by atoms with E-state index in [-0.39, 0.29) is 11.8 Å². The molecule has 0 aliphatic heterocycles. The molecule has 17 heavy (non-hydrogen) atoms. The molecule has 0 aliphatic carbocycles. The molecule has 0 bridgehead atoms. The van der Waals surface area contributed by atoms with Gasteiger partial charge in [0.1, 0.15) is 0 Å². The third-order valence-electron chi connectivity index (χ3n) is 2.87. The van der Waals surface area contributed by atoms with Gasteiger partial charge in [0.05, 0.1) is 5.92 Å². The predicted octanol–water partition coefficient (Wildman–Crippen LogP) is 1.59. The van der Waals surface area contributed by atoms with E-state index in [1.54, 1.807) is 0 Å². The highest BCUT2D eigenvalue weighted by atomic mass is 16.1. The summed E-state index contributed by atoms with van der Waals surface area (Å²) in [6.45, 7) is 3.50. The Morgan fingerprint density at radius 2 is 2.00 bits per heavy atom. The first kappa shape index (κ1) is 13.7.